The van der Waals surface area contributed by atoms with Gasteiger partial charge in [-0.2, -0.15) is 9.40 Å². The molecule has 9 nitrogen and oxygen atoms in total. The number of carbonyl (C=O) groups is 1. The second-order valence-electron chi connectivity index (χ2n) is 13.4. The van der Waals surface area contributed by atoms with Crippen LogP contribution in [0.2, 0.25) is 0 Å². The Morgan fingerprint density at radius 2 is 1.98 bits per heavy atom. The van der Waals surface area contributed by atoms with Crippen LogP contribution in [0.3, 0.4) is 0 Å². The highest BCUT2D eigenvalue weighted by Crippen LogP contribution is 2.56. The molecule has 11 heteroatoms. The van der Waals surface area contributed by atoms with Crippen molar-refractivity contribution in [3.63, 3.8) is 0 Å². The Hall–Kier alpha value is -2.24. The van der Waals surface area contributed by atoms with Gasteiger partial charge in [0.1, 0.15) is 0 Å². The van der Waals surface area contributed by atoms with E-state index in [0.29, 0.717) is 43.4 Å². The van der Waals surface area contributed by atoms with Gasteiger partial charge in [0.05, 0.1) is 17.5 Å². The number of nitrogens with one attached hydrogen (secondary N) is 2. The third kappa shape index (κ3) is 4.65. The van der Waals surface area contributed by atoms with Crippen molar-refractivity contribution in [1.82, 2.24) is 29.8 Å². The first kappa shape index (κ1) is 28.5. The van der Waals surface area contributed by atoms with Gasteiger partial charge in [-0.1, -0.05) is 37.8 Å². The molecule has 1 aromatic heterocycles. The Labute approximate surface area is 253 Å². The minimum atomic E-state index is -3.15. The summed E-state index contributed by atoms with van der Waals surface area (Å²) in [5, 5.41) is 5.32. The van der Waals surface area contributed by atoms with Crippen molar-refractivity contribution in [2.75, 3.05) is 31.9 Å². The Morgan fingerprint density at radius 3 is 2.64 bits per heavy atom. The molecule has 2 saturated carbocycles. The Morgan fingerprint density at radius 1 is 1.24 bits per heavy atom. The molecule has 2 N–H and O–H groups in total. The van der Waals surface area contributed by atoms with Crippen LogP contribution < -0.4 is 10.9 Å². The summed E-state index contributed by atoms with van der Waals surface area (Å²) < 4.78 is 28.6. The average molecular weight is 613 g/mol. The number of carbonyl (C=O) groups excluding carboxylic acids is 1. The summed E-state index contributed by atoms with van der Waals surface area (Å²) in [5.41, 5.74) is 12.5. The number of benzene rings is 1. The number of aromatic nitrogens is 2. The number of fused-ring (bicyclic) bond motifs is 1. The number of amides is 1. The van der Waals surface area contributed by atoms with E-state index in [9.17, 15) is 13.2 Å². The van der Waals surface area contributed by atoms with Gasteiger partial charge in [-0.05, 0) is 56.1 Å². The molecule has 1 amide bonds. The first-order valence-electron chi connectivity index (χ1n) is 15.3. The zero-order valence-corrected chi connectivity index (χ0v) is 26.0. The largest absolute Gasteiger partial charge is 0.338 e. The minimum absolute atomic E-state index is 0.000496. The summed E-state index contributed by atoms with van der Waals surface area (Å²) >= 11 is 7.29. The molecule has 0 radical (unpaired) electrons. The van der Waals surface area contributed by atoms with E-state index in [2.05, 4.69) is 48.1 Å². The van der Waals surface area contributed by atoms with Gasteiger partial charge < -0.3 is 4.90 Å². The fraction of sp³-hybridized carbons (Fsp3) is 0.613. The van der Waals surface area contributed by atoms with Crippen molar-refractivity contribution in [1.29, 1.82) is 0 Å². The molecule has 2 aliphatic carbocycles. The lowest BCUT2D eigenvalue weighted by Crippen LogP contribution is -2.63. The lowest BCUT2D eigenvalue weighted by atomic mass is 9.60. The normalized spacial score (nSPS) is 32.0. The van der Waals surface area contributed by atoms with E-state index in [1.807, 2.05) is 17.0 Å². The van der Waals surface area contributed by atoms with Crippen LogP contribution in [0.15, 0.2) is 36.9 Å². The summed E-state index contributed by atoms with van der Waals surface area (Å²) in [6.07, 6.45) is 5.17. The number of likely N-dealkylation sites (tertiary alicyclic amines) is 1. The second kappa shape index (κ2) is 10.4. The van der Waals surface area contributed by atoms with E-state index in [0.717, 1.165) is 55.7 Å². The van der Waals surface area contributed by atoms with Gasteiger partial charge in [0, 0.05) is 72.3 Å². The lowest BCUT2D eigenvalue weighted by molar-refractivity contribution is -0.149. The van der Waals surface area contributed by atoms with Gasteiger partial charge in [0.25, 0.3) is 0 Å². The molecule has 5 atom stereocenters. The van der Waals surface area contributed by atoms with Crippen LogP contribution in [0.1, 0.15) is 61.4 Å². The third-order valence-corrected chi connectivity index (χ3v) is 13.3. The standard InChI is InChI=1S/C31H41ClN6O3S/c1-4-26(39)36-17-31(18-36)13-23(14-31)38-20(3)27(28-24-15-33-34-25(24)12-19(2)29(28)32)30(35-38)22-8-6-21(7-9-22)16-37-10-5-11-42(37,40)41/h4,6-9,19,23-25,28-29,33-34H,1,5,10-18H2,2-3H3. The van der Waals surface area contributed by atoms with Gasteiger partial charge in [-0.25, -0.2) is 8.42 Å². The summed E-state index contributed by atoms with van der Waals surface area (Å²) in [6, 6.07) is 8.95. The molecular weight excluding hydrogens is 572 g/mol. The highest BCUT2D eigenvalue weighted by atomic mass is 35.5. The number of halogens is 1. The van der Waals surface area contributed by atoms with Crippen molar-refractivity contribution in [2.45, 2.75) is 69.5 Å². The summed E-state index contributed by atoms with van der Waals surface area (Å²) in [6.45, 7) is 11.5. The van der Waals surface area contributed by atoms with Gasteiger partial charge in [-0.15, -0.1) is 11.6 Å². The van der Waals surface area contributed by atoms with E-state index in [1.54, 1.807) is 4.31 Å². The van der Waals surface area contributed by atoms with Crippen LogP contribution in [0, 0.1) is 24.2 Å². The van der Waals surface area contributed by atoms with Crippen LogP contribution in [0.25, 0.3) is 11.3 Å². The molecule has 3 saturated heterocycles. The van der Waals surface area contributed by atoms with E-state index in [-0.39, 0.29) is 28.4 Å². The maximum atomic E-state index is 12.4. The molecule has 5 aliphatic rings. The van der Waals surface area contributed by atoms with Crippen LogP contribution in [0.5, 0.6) is 0 Å². The quantitative estimate of drug-likeness (QED) is 0.382. The van der Waals surface area contributed by atoms with Crippen molar-refractivity contribution < 1.29 is 13.2 Å². The number of rotatable bonds is 6. The molecule has 5 unspecified atom stereocenters. The Balaban J connectivity index is 1.21. The van der Waals surface area contributed by atoms with Crippen molar-refractivity contribution in [2.24, 2.45) is 17.3 Å². The highest BCUT2D eigenvalue weighted by Gasteiger charge is 2.55. The van der Waals surface area contributed by atoms with Gasteiger partial charge in [0.2, 0.25) is 15.9 Å². The van der Waals surface area contributed by atoms with Crippen LogP contribution in [-0.4, -0.2) is 76.7 Å². The number of hydrogen-bond acceptors (Lipinski definition) is 6. The SMILES string of the molecule is C=CC(=O)N1CC2(CC(n3nc(-c4ccc(CN5CCCS5(=O)=O)cc4)c(C4C(Cl)C(C)CC5NNCC54)c3C)C2)C1. The van der Waals surface area contributed by atoms with E-state index < -0.39 is 10.0 Å². The average Bonchev–Trinajstić information content (AvgIpc) is 3.61. The topological polar surface area (TPSA) is 99.6 Å². The molecular formula is C31H41ClN6O3S. The molecule has 7 rings (SSSR count). The molecule has 1 spiro atoms. The maximum Gasteiger partial charge on any atom is 0.245 e. The van der Waals surface area contributed by atoms with Crippen molar-refractivity contribution in [3.8, 4) is 11.3 Å². The number of nitrogens with zero attached hydrogens (tertiary/aromatic N) is 4. The van der Waals surface area contributed by atoms with Gasteiger partial charge in [-0.3, -0.25) is 20.3 Å². The molecule has 1 aromatic carbocycles. The van der Waals surface area contributed by atoms with Crippen molar-refractivity contribution >= 4 is 27.5 Å². The lowest BCUT2D eigenvalue weighted by Gasteiger charge is -2.58. The zero-order valence-electron chi connectivity index (χ0n) is 24.4. The number of alkyl halides is 1. The predicted molar refractivity (Wildman–Crippen MR) is 163 cm³/mol. The molecule has 5 fully saturated rings. The van der Waals surface area contributed by atoms with Crippen LogP contribution in [-0.2, 0) is 21.4 Å². The molecule has 226 valence electrons. The van der Waals surface area contributed by atoms with Crippen LogP contribution in [0.4, 0.5) is 0 Å². The Bertz CT molecular complexity index is 1490. The highest BCUT2D eigenvalue weighted by molar-refractivity contribution is 7.89. The smallest absolute Gasteiger partial charge is 0.245 e. The predicted octanol–water partition coefficient (Wildman–Crippen LogP) is 3.57. The van der Waals surface area contributed by atoms with E-state index in [1.165, 1.54) is 17.3 Å². The molecule has 0 bridgehead atoms. The third-order valence-electron chi connectivity index (χ3n) is 10.7. The van der Waals surface area contributed by atoms with Gasteiger partial charge >= 0.3 is 0 Å². The molecule has 2 aromatic rings. The van der Waals surface area contributed by atoms with Crippen molar-refractivity contribution in [3.05, 3.63) is 53.7 Å². The fourth-order valence-electron chi connectivity index (χ4n) is 8.42. The van der Waals surface area contributed by atoms with Gasteiger partial charge in [0.15, 0.2) is 0 Å². The van der Waals surface area contributed by atoms with Crippen LogP contribution >= 0.6 is 11.6 Å². The first-order chi connectivity index (χ1) is 20.1. The summed E-state index contributed by atoms with van der Waals surface area (Å²) in [5.74, 6) is 1.14. The first-order valence-corrected chi connectivity index (χ1v) is 17.3. The number of hydrogen-bond donors (Lipinski definition) is 2. The molecule has 42 heavy (non-hydrogen) atoms. The number of hydrazine groups is 1. The maximum absolute atomic E-state index is 12.4. The van der Waals surface area contributed by atoms with E-state index >= 15 is 0 Å². The molecule has 4 heterocycles. The number of sulfonamides is 1. The second-order valence-corrected chi connectivity index (χ2v) is 16.0. The minimum Gasteiger partial charge on any atom is -0.338 e. The van der Waals surface area contributed by atoms with E-state index in [4.69, 9.17) is 16.7 Å². The monoisotopic (exact) mass is 612 g/mol. The zero-order chi connectivity index (χ0) is 29.4. The molecule has 3 aliphatic heterocycles. The fourth-order valence-corrected chi connectivity index (χ4v) is 10.3. The Kier molecular flexibility index (Phi) is 7.09. The summed E-state index contributed by atoms with van der Waals surface area (Å²) in [4.78, 5) is 13.9. The summed E-state index contributed by atoms with van der Waals surface area (Å²) in [7, 11) is -3.15.